The van der Waals surface area contributed by atoms with Gasteiger partial charge in [-0.2, -0.15) is 11.8 Å². The van der Waals surface area contributed by atoms with Crippen LogP contribution in [0.1, 0.15) is 40.5 Å². The maximum atomic E-state index is 11.8. The second-order valence-corrected chi connectivity index (χ2v) is 7.39. The topological polar surface area (TPSA) is 78.4 Å². The highest BCUT2D eigenvalue weighted by molar-refractivity contribution is 7.98. The summed E-state index contributed by atoms with van der Waals surface area (Å²) in [5.74, 6) is 0.493. The molecular formula is C14H28N2O3S. The van der Waals surface area contributed by atoms with Crippen LogP contribution in [0.25, 0.3) is 0 Å². The molecule has 0 saturated carbocycles. The Labute approximate surface area is 126 Å². The molecular weight excluding hydrogens is 276 g/mol. The van der Waals surface area contributed by atoms with Crippen molar-refractivity contribution in [3.05, 3.63) is 0 Å². The van der Waals surface area contributed by atoms with Gasteiger partial charge in [0.1, 0.15) is 0 Å². The number of carboxylic acids is 1. The number of hydrogen-bond acceptors (Lipinski definition) is 3. The van der Waals surface area contributed by atoms with Crippen LogP contribution in [0, 0.1) is 11.3 Å². The van der Waals surface area contributed by atoms with Gasteiger partial charge in [0.25, 0.3) is 0 Å². The molecule has 0 aromatic rings. The van der Waals surface area contributed by atoms with Crippen molar-refractivity contribution in [1.29, 1.82) is 0 Å². The van der Waals surface area contributed by atoms with Crippen LogP contribution in [-0.2, 0) is 4.79 Å². The van der Waals surface area contributed by atoms with Crippen molar-refractivity contribution in [2.75, 3.05) is 18.6 Å². The highest BCUT2D eigenvalue weighted by Crippen LogP contribution is 2.22. The molecule has 0 aromatic heterocycles. The average molecular weight is 304 g/mol. The molecule has 0 bridgehead atoms. The minimum atomic E-state index is -0.893. The molecule has 0 saturated heterocycles. The fourth-order valence-corrected chi connectivity index (χ4v) is 2.66. The van der Waals surface area contributed by atoms with Gasteiger partial charge in [0.15, 0.2) is 0 Å². The van der Waals surface area contributed by atoms with Gasteiger partial charge < -0.3 is 15.7 Å². The lowest BCUT2D eigenvalue weighted by molar-refractivity contribution is -0.137. The van der Waals surface area contributed by atoms with Crippen molar-refractivity contribution in [3.8, 4) is 0 Å². The molecule has 0 rings (SSSR count). The van der Waals surface area contributed by atoms with Gasteiger partial charge in [-0.05, 0) is 29.8 Å². The Kier molecular flexibility index (Phi) is 8.69. The monoisotopic (exact) mass is 304 g/mol. The number of nitrogens with one attached hydrogen (secondary N) is 2. The molecule has 0 aliphatic heterocycles. The van der Waals surface area contributed by atoms with E-state index in [0.29, 0.717) is 18.9 Å². The molecule has 2 atom stereocenters. The van der Waals surface area contributed by atoms with Gasteiger partial charge in [0.05, 0.1) is 6.42 Å². The number of rotatable bonds is 8. The van der Waals surface area contributed by atoms with E-state index in [1.807, 2.05) is 27.0 Å². The van der Waals surface area contributed by atoms with E-state index in [4.69, 9.17) is 5.11 Å². The van der Waals surface area contributed by atoms with E-state index in [-0.39, 0.29) is 23.9 Å². The molecule has 2 amide bonds. The molecule has 6 heteroatoms. The van der Waals surface area contributed by atoms with Gasteiger partial charge in [-0.1, -0.05) is 27.7 Å². The summed E-state index contributed by atoms with van der Waals surface area (Å²) in [6.45, 7) is 8.76. The SMILES string of the molecule is CSCC(C)CNC(=O)NC(CC(=O)O)CC(C)(C)C. The summed E-state index contributed by atoms with van der Waals surface area (Å²) in [6.07, 6.45) is 2.61. The number of aliphatic carboxylic acids is 1. The molecule has 20 heavy (non-hydrogen) atoms. The minimum Gasteiger partial charge on any atom is -0.481 e. The van der Waals surface area contributed by atoms with Crippen LogP contribution in [0.2, 0.25) is 0 Å². The zero-order valence-electron chi connectivity index (χ0n) is 13.2. The Morgan fingerprint density at radius 1 is 1.30 bits per heavy atom. The van der Waals surface area contributed by atoms with Crippen LogP contribution < -0.4 is 10.6 Å². The Morgan fingerprint density at radius 2 is 1.90 bits per heavy atom. The maximum absolute atomic E-state index is 11.8. The van der Waals surface area contributed by atoms with E-state index in [9.17, 15) is 9.59 Å². The van der Waals surface area contributed by atoms with E-state index in [1.54, 1.807) is 11.8 Å². The first kappa shape index (κ1) is 19.1. The molecule has 0 heterocycles. The summed E-state index contributed by atoms with van der Waals surface area (Å²) in [5.41, 5.74) is -0.0282. The number of thioether (sulfide) groups is 1. The maximum Gasteiger partial charge on any atom is 0.315 e. The standard InChI is InChI=1S/C14H28N2O3S/c1-10(9-20-5)8-15-13(19)16-11(6-12(17)18)7-14(2,3)4/h10-11H,6-9H2,1-5H3,(H,17,18)(H2,15,16,19). The van der Waals surface area contributed by atoms with E-state index in [1.165, 1.54) is 0 Å². The Morgan fingerprint density at radius 3 is 2.35 bits per heavy atom. The van der Waals surface area contributed by atoms with Crippen molar-refractivity contribution in [2.45, 2.75) is 46.6 Å². The third kappa shape index (κ3) is 11.0. The summed E-state index contributed by atoms with van der Waals surface area (Å²) in [7, 11) is 0. The number of amides is 2. The smallest absolute Gasteiger partial charge is 0.315 e. The number of carbonyl (C=O) groups is 2. The van der Waals surface area contributed by atoms with Crippen molar-refractivity contribution >= 4 is 23.8 Å². The molecule has 5 nitrogen and oxygen atoms in total. The number of urea groups is 1. The molecule has 0 spiro atoms. The molecule has 0 aliphatic rings. The summed E-state index contributed by atoms with van der Waals surface area (Å²) >= 11 is 1.74. The van der Waals surface area contributed by atoms with Crippen LogP contribution in [0.3, 0.4) is 0 Å². The van der Waals surface area contributed by atoms with E-state index in [2.05, 4.69) is 17.6 Å². The van der Waals surface area contributed by atoms with Crippen LogP contribution in [0.5, 0.6) is 0 Å². The molecule has 0 fully saturated rings. The van der Waals surface area contributed by atoms with Gasteiger partial charge >= 0.3 is 12.0 Å². The molecule has 0 radical (unpaired) electrons. The Bertz CT molecular complexity index is 316. The molecule has 2 unspecified atom stereocenters. The van der Waals surface area contributed by atoms with E-state index < -0.39 is 5.97 Å². The summed E-state index contributed by atoms with van der Waals surface area (Å²) < 4.78 is 0. The quantitative estimate of drug-likeness (QED) is 0.644. The first-order valence-electron chi connectivity index (χ1n) is 6.89. The van der Waals surface area contributed by atoms with Gasteiger partial charge in [0, 0.05) is 12.6 Å². The highest BCUT2D eigenvalue weighted by Gasteiger charge is 2.22. The van der Waals surface area contributed by atoms with Crippen LogP contribution in [0.15, 0.2) is 0 Å². The normalized spacial score (nSPS) is 14.4. The predicted molar refractivity (Wildman–Crippen MR) is 84.2 cm³/mol. The summed E-state index contributed by atoms with van der Waals surface area (Å²) in [6, 6.07) is -0.628. The Balaban J connectivity index is 4.28. The van der Waals surface area contributed by atoms with Crippen molar-refractivity contribution in [3.63, 3.8) is 0 Å². The van der Waals surface area contributed by atoms with Gasteiger partial charge in [-0.25, -0.2) is 4.79 Å². The van der Waals surface area contributed by atoms with E-state index in [0.717, 1.165) is 5.75 Å². The average Bonchev–Trinajstić information content (AvgIpc) is 2.23. The third-order valence-corrected chi connectivity index (χ3v) is 3.58. The van der Waals surface area contributed by atoms with Crippen molar-refractivity contribution < 1.29 is 14.7 Å². The fourth-order valence-electron chi connectivity index (χ4n) is 1.97. The van der Waals surface area contributed by atoms with Gasteiger partial charge in [-0.15, -0.1) is 0 Å². The van der Waals surface area contributed by atoms with Crippen LogP contribution in [-0.4, -0.2) is 41.7 Å². The molecule has 0 aliphatic carbocycles. The third-order valence-electron chi connectivity index (χ3n) is 2.68. The second kappa shape index (κ2) is 9.10. The zero-order chi connectivity index (χ0) is 15.8. The molecule has 118 valence electrons. The van der Waals surface area contributed by atoms with Crippen molar-refractivity contribution in [2.24, 2.45) is 11.3 Å². The minimum absolute atomic E-state index is 0.0282. The molecule has 0 aromatic carbocycles. The first-order valence-corrected chi connectivity index (χ1v) is 8.28. The largest absolute Gasteiger partial charge is 0.481 e. The van der Waals surface area contributed by atoms with Crippen LogP contribution >= 0.6 is 11.8 Å². The second-order valence-electron chi connectivity index (χ2n) is 6.47. The predicted octanol–water partition coefficient (Wildman–Crippen LogP) is 2.56. The fraction of sp³-hybridized carbons (Fsp3) is 0.857. The molecule has 3 N–H and O–H groups in total. The van der Waals surface area contributed by atoms with Gasteiger partial charge in [0.2, 0.25) is 0 Å². The lowest BCUT2D eigenvalue weighted by atomic mass is 9.87. The zero-order valence-corrected chi connectivity index (χ0v) is 14.0. The highest BCUT2D eigenvalue weighted by atomic mass is 32.2. The van der Waals surface area contributed by atoms with Gasteiger partial charge in [-0.3, -0.25) is 4.79 Å². The Hall–Kier alpha value is -0.910. The number of carboxylic acid groups (broad SMARTS) is 1. The van der Waals surface area contributed by atoms with E-state index >= 15 is 0 Å². The summed E-state index contributed by atoms with van der Waals surface area (Å²) in [4.78, 5) is 22.7. The lowest BCUT2D eigenvalue weighted by Crippen LogP contribution is -2.45. The van der Waals surface area contributed by atoms with Crippen molar-refractivity contribution in [1.82, 2.24) is 10.6 Å². The number of hydrogen-bond donors (Lipinski definition) is 3. The lowest BCUT2D eigenvalue weighted by Gasteiger charge is -2.26. The van der Waals surface area contributed by atoms with Crippen LogP contribution in [0.4, 0.5) is 4.79 Å². The summed E-state index contributed by atoms with van der Waals surface area (Å²) in [5, 5.41) is 14.5. The number of carbonyl (C=O) groups excluding carboxylic acids is 1. The first-order chi connectivity index (χ1) is 9.14.